The molecule has 4 heteroatoms. The highest BCUT2D eigenvalue weighted by atomic mass is 16.5. The number of hydrazone groups is 1. The minimum atomic E-state index is -0.281. The standard InChI is InChI=1S/C18H20N2O2/c1-3-12-22-17-11-7-6-10-16(17)18(21)20-19-13-15-9-5-4-8-14(15)2/h4-11,13H,3,12H2,1-2H3,(H,20,21). The summed E-state index contributed by atoms with van der Waals surface area (Å²) in [6.07, 6.45) is 2.53. The molecule has 0 fully saturated rings. The number of carbonyl (C=O) groups excluding carboxylic acids is 1. The third-order valence-corrected chi connectivity index (χ3v) is 3.15. The van der Waals surface area contributed by atoms with Crippen LogP contribution in [0.1, 0.15) is 34.8 Å². The fourth-order valence-electron chi connectivity index (χ4n) is 1.94. The van der Waals surface area contributed by atoms with Gasteiger partial charge in [0.15, 0.2) is 0 Å². The summed E-state index contributed by atoms with van der Waals surface area (Å²) in [5, 5.41) is 4.02. The lowest BCUT2D eigenvalue weighted by molar-refractivity contribution is 0.0951. The molecule has 0 aliphatic carbocycles. The molecule has 0 saturated heterocycles. The van der Waals surface area contributed by atoms with Crippen LogP contribution in [-0.4, -0.2) is 18.7 Å². The summed E-state index contributed by atoms with van der Waals surface area (Å²) in [6.45, 7) is 4.60. The van der Waals surface area contributed by atoms with Crippen molar-refractivity contribution in [1.82, 2.24) is 5.43 Å². The molecule has 1 amide bonds. The van der Waals surface area contributed by atoms with Gasteiger partial charge in [-0.2, -0.15) is 5.10 Å². The Hall–Kier alpha value is -2.62. The number of benzene rings is 2. The van der Waals surface area contributed by atoms with Crippen molar-refractivity contribution in [3.05, 3.63) is 65.2 Å². The van der Waals surface area contributed by atoms with Crippen molar-refractivity contribution in [2.45, 2.75) is 20.3 Å². The minimum Gasteiger partial charge on any atom is -0.493 e. The Morgan fingerprint density at radius 2 is 1.91 bits per heavy atom. The number of rotatable bonds is 6. The molecule has 0 aliphatic rings. The molecule has 2 aromatic rings. The maximum absolute atomic E-state index is 12.2. The highest BCUT2D eigenvalue weighted by Gasteiger charge is 2.10. The van der Waals surface area contributed by atoms with E-state index in [-0.39, 0.29) is 5.91 Å². The van der Waals surface area contributed by atoms with Crippen molar-refractivity contribution in [3.63, 3.8) is 0 Å². The topological polar surface area (TPSA) is 50.7 Å². The van der Waals surface area contributed by atoms with Crippen LogP contribution in [0, 0.1) is 6.92 Å². The lowest BCUT2D eigenvalue weighted by atomic mass is 10.1. The molecule has 2 aromatic carbocycles. The fraction of sp³-hybridized carbons (Fsp3) is 0.222. The number of nitrogens with zero attached hydrogens (tertiary/aromatic N) is 1. The predicted octanol–water partition coefficient (Wildman–Crippen LogP) is 3.55. The highest BCUT2D eigenvalue weighted by Crippen LogP contribution is 2.17. The van der Waals surface area contributed by atoms with Gasteiger partial charge in [-0.1, -0.05) is 43.3 Å². The summed E-state index contributed by atoms with van der Waals surface area (Å²) in [5.41, 5.74) is 5.10. The van der Waals surface area contributed by atoms with E-state index in [1.54, 1.807) is 24.4 Å². The molecule has 0 heterocycles. The van der Waals surface area contributed by atoms with Gasteiger partial charge in [0, 0.05) is 0 Å². The summed E-state index contributed by atoms with van der Waals surface area (Å²) in [6, 6.07) is 15.0. The van der Waals surface area contributed by atoms with Gasteiger partial charge in [0.2, 0.25) is 0 Å². The quantitative estimate of drug-likeness (QED) is 0.654. The average molecular weight is 296 g/mol. The third-order valence-electron chi connectivity index (χ3n) is 3.15. The molecule has 0 radical (unpaired) electrons. The van der Waals surface area contributed by atoms with Crippen molar-refractivity contribution in [2.75, 3.05) is 6.61 Å². The molecule has 0 saturated carbocycles. The second-order valence-corrected chi connectivity index (χ2v) is 4.90. The van der Waals surface area contributed by atoms with Crippen LogP contribution in [0.25, 0.3) is 0 Å². The summed E-state index contributed by atoms with van der Waals surface area (Å²) < 4.78 is 5.58. The van der Waals surface area contributed by atoms with Gasteiger partial charge >= 0.3 is 0 Å². The minimum absolute atomic E-state index is 0.281. The molecular weight excluding hydrogens is 276 g/mol. The molecule has 0 unspecified atom stereocenters. The molecule has 4 nitrogen and oxygen atoms in total. The van der Waals surface area contributed by atoms with E-state index in [0.717, 1.165) is 17.5 Å². The van der Waals surface area contributed by atoms with Crippen LogP contribution in [0.3, 0.4) is 0 Å². The van der Waals surface area contributed by atoms with Crippen LogP contribution < -0.4 is 10.2 Å². The van der Waals surface area contributed by atoms with Crippen molar-refractivity contribution in [2.24, 2.45) is 5.10 Å². The molecule has 22 heavy (non-hydrogen) atoms. The van der Waals surface area contributed by atoms with Crippen LogP contribution in [0.5, 0.6) is 5.75 Å². The molecule has 0 aliphatic heterocycles. The summed E-state index contributed by atoms with van der Waals surface area (Å²) in [4.78, 5) is 12.2. The second-order valence-electron chi connectivity index (χ2n) is 4.90. The Morgan fingerprint density at radius 1 is 1.18 bits per heavy atom. The molecule has 0 atom stereocenters. The first-order valence-electron chi connectivity index (χ1n) is 7.33. The summed E-state index contributed by atoms with van der Waals surface area (Å²) >= 11 is 0. The highest BCUT2D eigenvalue weighted by molar-refractivity contribution is 5.97. The van der Waals surface area contributed by atoms with Crippen LogP contribution in [0.15, 0.2) is 53.6 Å². The molecular formula is C18H20N2O2. The molecule has 0 aromatic heterocycles. The lowest BCUT2D eigenvalue weighted by Crippen LogP contribution is -2.18. The molecule has 114 valence electrons. The number of para-hydroxylation sites is 1. The van der Waals surface area contributed by atoms with Gasteiger partial charge in [-0.3, -0.25) is 4.79 Å². The van der Waals surface area contributed by atoms with Gasteiger partial charge in [0.05, 0.1) is 18.4 Å². The molecule has 0 spiro atoms. The van der Waals surface area contributed by atoms with Gasteiger partial charge in [-0.05, 0) is 36.6 Å². The average Bonchev–Trinajstić information content (AvgIpc) is 2.55. The Kier molecular flexibility index (Phi) is 5.72. The van der Waals surface area contributed by atoms with E-state index in [9.17, 15) is 4.79 Å². The molecule has 2 rings (SSSR count). The van der Waals surface area contributed by atoms with Crippen molar-refractivity contribution >= 4 is 12.1 Å². The summed E-state index contributed by atoms with van der Waals surface area (Å²) in [5.74, 6) is 0.296. The van der Waals surface area contributed by atoms with Crippen LogP contribution in [0.4, 0.5) is 0 Å². The van der Waals surface area contributed by atoms with Crippen LogP contribution in [0.2, 0.25) is 0 Å². The predicted molar refractivity (Wildman–Crippen MR) is 88.5 cm³/mol. The van der Waals surface area contributed by atoms with Gasteiger partial charge in [0.25, 0.3) is 5.91 Å². The van der Waals surface area contributed by atoms with Gasteiger partial charge in [0.1, 0.15) is 5.75 Å². The SMILES string of the molecule is CCCOc1ccccc1C(=O)NN=Cc1ccccc1C. The van der Waals surface area contributed by atoms with E-state index in [4.69, 9.17) is 4.74 Å². The Balaban J connectivity index is 2.05. The summed E-state index contributed by atoms with van der Waals surface area (Å²) in [7, 11) is 0. The van der Waals surface area contributed by atoms with Crippen molar-refractivity contribution < 1.29 is 9.53 Å². The molecule has 0 bridgehead atoms. The first-order chi connectivity index (χ1) is 10.7. The fourth-order valence-corrected chi connectivity index (χ4v) is 1.94. The number of carbonyl (C=O) groups is 1. The largest absolute Gasteiger partial charge is 0.493 e. The first-order valence-corrected chi connectivity index (χ1v) is 7.33. The zero-order valence-electron chi connectivity index (χ0n) is 12.9. The second kappa shape index (κ2) is 7.98. The Bertz CT molecular complexity index is 666. The third kappa shape index (κ3) is 4.19. The first kappa shape index (κ1) is 15.8. The Labute approximate surface area is 130 Å². The van der Waals surface area contributed by atoms with E-state index >= 15 is 0 Å². The normalized spacial score (nSPS) is 10.6. The van der Waals surface area contributed by atoms with Crippen molar-refractivity contribution in [3.8, 4) is 5.75 Å². The number of ether oxygens (including phenoxy) is 1. The van der Waals surface area contributed by atoms with Crippen LogP contribution in [-0.2, 0) is 0 Å². The maximum Gasteiger partial charge on any atom is 0.275 e. The van der Waals surface area contributed by atoms with Crippen molar-refractivity contribution in [1.29, 1.82) is 0 Å². The number of hydrogen-bond acceptors (Lipinski definition) is 3. The van der Waals surface area contributed by atoms with E-state index < -0.39 is 0 Å². The zero-order valence-corrected chi connectivity index (χ0v) is 12.9. The molecule has 1 N–H and O–H groups in total. The number of nitrogens with one attached hydrogen (secondary N) is 1. The van der Waals surface area contributed by atoms with Gasteiger partial charge < -0.3 is 4.74 Å². The number of hydrogen-bond donors (Lipinski definition) is 1. The number of amides is 1. The Morgan fingerprint density at radius 3 is 2.68 bits per heavy atom. The maximum atomic E-state index is 12.2. The van der Waals surface area contributed by atoms with E-state index in [2.05, 4.69) is 10.5 Å². The van der Waals surface area contributed by atoms with E-state index in [0.29, 0.717) is 17.9 Å². The number of aryl methyl sites for hydroxylation is 1. The smallest absolute Gasteiger partial charge is 0.275 e. The monoisotopic (exact) mass is 296 g/mol. The van der Waals surface area contributed by atoms with Crippen LogP contribution >= 0.6 is 0 Å². The lowest BCUT2D eigenvalue weighted by Gasteiger charge is -2.09. The van der Waals surface area contributed by atoms with E-state index in [1.807, 2.05) is 44.2 Å². The van der Waals surface area contributed by atoms with E-state index in [1.165, 1.54) is 0 Å². The zero-order chi connectivity index (χ0) is 15.8. The van der Waals surface area contributed by atoms with Gasteiger partial charge in [-0.15, -0.1) is 0 Å². The van der Waals surface area contributed by atoms with Gasteiger partial charge in [-0.25, -0.2) is 5.43 Å².